The number of thioether (sulfide) groups is 1. The van der Waals surface area contributed by atoms with E-state index in [2.05, 4.69) is 0 Å². The van der Waals surface area contributed by atoms with E-state index in [1.807, 2.05) is 0 Å². The van der Waals surface area contributed by atoms with Crippen molar-refractivity contribution < 1.29 is 18.0 Å². The standard InChI is InChI=1S/C6H9F3OS/c1-5(10)11-3-2-6(8,9)4-7/h2-4H2,1H3. The van der Waals surface area contributed by atoms with Gasteiger partial charge in [-0.3, -0.25) is 4.79 Å². The van der Waals surface area contributed by atoms with Gasteiger partial charge in [-0.05, 0) is 0 Å². The maximum absolute atomic E-state index is 12.1. The second-order valence-electron chi connectivity index (χ2n) is 2.08. The van der Waals surface area contributed by atoms with E-state index in [1.54, 1.807) is 0 Å². The Morgan fingerprint density at radius 2 is 2.09 bits per heavy atom. The third kappa shape index (κ3) is 6.22. The highest BCUT2D eigenvalue weighted by Crippen LogP contribution is 2.21. The predicted octanol–water partition coefficient (Wildman–Crippen LogP) is 2.26. The lowest BCUT2D eigenvalue weighted by molar-refractivity contribution is -0.109. The first-order chi connectivity index (χ1) is 4.98. The Labute approximate surface area is 67.3 Å². The molecule has 0 rings (SSSR count). The molecular weight excluding hydrogens is 177 g/mol. The molecule has 0 saturated heterocycles. The molecule has 0 atom stereocenters. The summed E-state index contributed by atoms with van der Waals surface area (Å²) in [5.41, 5.74) is 0. The van der Waals surface area contributed by atoms with Crippen LogP contribution in [0.4, 0.5) is 13.2 Å². The summed E-state index contributed by atoms with van der Waals surface area (Å²) in [6, 6.07) is 0. The fourth-order valence-electron chi connectivity index (χ4n) is 0.411. The van der Waals surface area contributed by atoms with Crippen LogP contribution in [0, 0.1) is 0 Å². The van der Waals surface area contributed by atoms with E-state index in [4.69, 9.17) is 0 Å². The summed E-state index contributed by atoms with van der Waals surface area (Å²) in [6.07, 6.45) is -0.576. The first kappa shape index (κ1) is 10.8. The molecule has 0 aromatic rings. The summed E-state index contributed by atoms with van der Waals surface area (Å²) >= 11 is 0.788. The molecule has 0 N–H and O–H groups in total. The molecule has 0 saturated carbocycles. The van der Waals surface area contributed by atoms with Crippen LogP contribution >= 0.6 is 11.8 Å². The Balaban J connectivity index is 3.45. The minimum Gasteiger partial charge on any atom is -0.288 e. The summed E-state index contributed by atoms with van der Waals surface area (Å²) < 4.78 is 35.7. The van der Waals surface area contributed by atoms with Gasteiger partial charge in [-0.1, -0.05) is 11.8 Å². The first-order valence-electron chi connectivity index (χ1n) is 3.05. The van der Waals surface area contributed by atoms with Crippen LogP contribution in [0.2, 0.25) is 0 Å². The smallest absolute Gasteiger partial charge is 0.276 e. The largest absolute Gasteiger partial charge is 0.288 e. The highest BCUT2D eigenvalue weighted by atomic mass is 32.2. The lowest BCUT2D eigenvalue weighted by Gasteiger charge is -2.09. The Morgan fingerprint density at radius 3 is 2.45 bits per heavy atom. The van der Waals surface area contributed by atoms with E-state index in [1.165, 1.54) is 6.92 Å². The van der Waals surface area contributed by atoms with Gasteiger partial charge in [-0.2, -0.15) is 0 Å². The van der Waals surface area contributed by atoms with Gasteiger partial charge in [0.05, 0.1) is 0 Å². The lowest BCUT2D eigenvalue weighted by atomic mass is 10.3. The van der Waals surface area contributed by atoms with Crippen molar-refractivity contribution in [1.29, 1.82) is 0 Å². The normalized spacial score (nSPS) is 11.6. The molecule has 0 aliphatic rings. The molecule has 5 heteroatoms. The van der Waals surface area contributed by atoms with Crippen LogP contribution in [0.1, 0.15) is 13.3 Å². The van der Waals surface area contributed by atoms with Crippen molar-refractivity contribution in [3.8, 4) is 0 Å². The van der Waals surface area contributed by atoms with Crippen molar-refractivity contribution in [3.63, 3.8) is 0 Å². The average molecular weight is 186 g/mol. The molecule has 0 radical (unpaired) electrons. The molecule has 0 unspecified atom stereocenters. The van der Waals surface area contributed by atoms with Gasteiger partial charge in [0.15, 0.2) is 11.8 Å². The van der Waals surface area contributed by atoms with Gasteiger partial charge in [0.25, 0.3) is 5.92 Å². The number of carbonyl (C=O) groups is 1. The molecule has 0 aromatic carbocycles. The molecule has 66 valence electrons. The molecular formula is C6H9F3OS. The SMILES string of the molecule is CC(=O)SCCC(F)(F)CF. The maximum atomic E-state index is 12.1. The summed E-state index contributed by atoms with van der Waals surface area (Å²) in [5.74, 6) is -3.28. The zero-order valence-corrected chi connectivity index (χ0v) is 6.89. The van der Waals surface area contributed by atoms with Crippen LogP contribution in [0.25, 0.3) is 0 Å². The third-order valence-electron chi connectivity index (χ3n) is 0.969. The Kier molecular flexibility index (Phi) is 4.56. The summed E-state index contributed by atoms with van der Waals surface area (Å²) in [5, 5.41) is -0.223. The number of halogens is 3. The van der Waals surface area contributed by atoms with Crippen molar-refractivity contribution >= 4 is 16.9 Å². The van der Waals surface area contributed by atoms with E-state index in [0.717, 1.165) is 11.8 Å². The van der Waals surface area contributed by atoms with Crippen molar-refractivity contribution in [1.82, 2.24) is 0 Å². The molecule has 0 aromatic heterocycles. The van der Waals surface area contributed by atoms with E-state index in [9.17, 15) is 18.0 Å². The number of rotatable bonds is 4. The van der Waals surface area contributed by atoms with Gasteiger partial charge in [-0.25, -0.2) is 13.2 Å². The monoisotopic (exact) mass is 186 g/mol. The maximum Gasteiger partial charge on any atom is 0.276 e. The summed E-state index contributed by atoms with van der Waals surface area (Å²) in [6.45, 7) is -0.357. The van der Waals surface area contributed by atoms with Gasteiger partial charge < -0.3 is 0 Å². The van der Waals surface area contributed by atoms with Crippen LogP contribution in [0.5, 0.6) is 0 Å². The molecule has 0 fully saturated rings. The van der Waals surface area contributed by atoms with Gasteiger partial charge in [-0.15, -0.1) is 0 Å². The van der Waals surface area contributed by atoms with Crippen LogP contribution in [0.15, 0.2) is 0 Å². The zero-order chi connectivity index (χ0) is 8.91. The first-order valence-corrected chi connectivity index (χ1v) is 4.03. The molecule has 0 amide bonds. The Morgan fingerprint density at radius 1 is 1.55 bits per heavy atom. The minimum absolute atomic E-state index is 0.0216. The van der Waals surface area contributed by atoms with Gasteiger partial charge in [0.2, 0.25) is 0 Å². The lowest BCUT2D eigenvalue weighted by Crippen LogP contribution is -2.19. The molecule has 0 bridgehead atoms. The second kappa shape index (κ2) is 4.64. The summed E-state index contributed by atoms with van der Waals surface area (Å²) in [4.78, 5) is 10.2. The van der Waals surface area contributed by atoms with Gasteiger partial charge >= 0.3 is 0 Å². The number of alkyl halides is 3. The topological polar surface area (TPSA) is 17.1 Å². The fraction of sp³-hybridized carbons (Fsp3) is 0.833. The van der Waals surface area contributed by atoms with Crippen LogP contribution in [-0.4, -0.2) is 23.5 Å². The van der Waals surface area contributed by atoms with E-state index in [0.29, 0.717) is 0 Å². The molecule has 0 aliphatic heterocycles. The van der Waals surface area contributed by atoms with E-state index in [-0.39, 0.29) is 10.9 Å². The van der Waals surface area contributed by atoms with Gasteiger partial charge in [0.1, 0.15) is 0 Å². The summed E-state index contributed by atoms with van der Waals surface area (Å²) in [7, 11) is 0. The van der Waals surface area contributed by atoms with E-state index < -0.39 is 19.0 Å². The Hall–Kier alpha value is -0.190. The number of hydrogen-bond acceptors (Lipinski definition) is 2. The number of carbonyl (C=O) groups excluding carboxylic acids is 1. The number of hydrogen-bond donors (Lipinski definition) is 0. The van der Waals surface area contributed by atoms with Crippen molar-refractivity contribution in [2.75, 3.05) is 12.4 Å². The molecule has 1 nitrogen and oxygen atoms in total. The van der Waals surface area contributed by atoms with E-state index >= 15 is 0 Å². The third-order valence-corrected chi connectivity index (χ3v) is 1.78. The minimum atomic E-state index is -3.26. The highest BCUT2D eigenvalue weighted by molar-refractivity contribution is 8.13. The highest BCUT2D eigenvalue weighted by Gasteiger charge is 2.28. The van der Waals surface area contributed by atoms with Gasteiger partial charge in [0, 0.05) is 19.1 Å². The van der Waals surface area contributed by atoms with Crippen LogP contribution in [-0.2, 0) is 4.79 Å². The van der Waals surface area contributed by atoms with Crippen molar-refractivity contribution in [2.45, 2.75) is 19.3 Å². The molecule has 0 heterocycles. The average Bonchev–Trinajstić information content (AvgIpc) is 1.87. The van der Waals surface area contributed by atoms with Crippen LogP contribution < -0.4 is 0 Å². The fourth-order valence-corrected chi connectivity index (χ4v) is 1.10. The van der Waals surface area contributed by atoms with Crippen molar-refractivity contribution in [3.05, 3.63) is 0 Å². The zero-order valence-electron chi connectivity index (χ0n) is 6.07. The predicted molar refractivity (Wildman–Crippen MR) is 38.7 cm³/mol. The second-order valence-corrected chi connectivity index (χ2v) is 3.35. The quantitative estimate of drug-likeness (QED) is 0.669. The molecule has 0 aliphatic carbocycles. The van der Waals surface area contributed by atoms with Crippen molar-refractivity contribution in [2.24, 2.45) is 0 Å². The molecule has 0 spiro atoms. The van der Waals surface area contributed by atoms with Crippen LogP contribution in [0.3, 0.4) is 0 Å². The Bertz CT molecular complexity index is 138. The molecule has 11 heavy (non-hydrogen) atoms.